The Labute approximate surface area is 126 Å². The zero-order chi connectivity index (χ0) is 14.8. The summed E-state index contributed by atoms with van der Waals surface area (Å²) >= 11 is 0. The SMILES string of the molecule is CCCn1c(C)nc2c(NC3CCCCC3)nc(C)nc21. The lowest BCUT2D eigenvalue weighted by Crippen LogP contribution is -2.23. The van der Waals surface area contributed by atoms with Gasteiger partial charge in [-0.1, -0.05) is 26.2 Å². The third-order valence-corrected chi connectivity index (χ3v) is 4.29. The van der Waals surface area contributed by atoms with Gasteiger partial charge in [0.1, 0.15) is 11.6 Å². The molecule has 1 N–H and O–H groups in total. The van der Waals surface area contributed by atoms with Gasteiger partial charge in [-0.15, -0.1) is 0 Å². The van der Waals surface area contributed by atoms with Crippen molar-refractivity contribution in [3.8, 4) is 0 Å². The van der Waals surface area contributed by atoms with Gasteiger partial charge in [-0.05, 0) is 33.1 Å². The van der Waals surface area contributed by atoms with E-state index >= 15 is 0 Å². The lowest BCUT2D eigenvalue weighted by atomic mass is 9.95. The molecule has 0 atom stereocenters. The molecule has 1 saturated carbocycles. The second-order valence-corrected chi connectivity index (χ2v) is 6.08. The van der Waals surface area contributed by atoms with Crippen LogP contribution in [0.5, 0.6) is 0 Å². The number of hydrogen-bond acceptors (Lipinski definition) is 4. The van der Waals surface area contributed by atoms with Crippen molar-refractivity contribution in [1.29, 1.82) is 0 Å². The van der Waals surface area contributed by atoms with Crippen molar-refractivity contribution in [3.05, 3.63) is 11.6 Å². The summed E-state index contributed by atoms with van der Waals surface area (Å²) in [6, 6.07) is 0.535. The summed E-state index contributed by atoms with van der Waals surface area (Å²) in [5.74, 6) is 2.76. The van der Waals surface area contributed by atoms with Crippen LogP contribution in [-0.2, 0) is 6.54 Å². The van der Waals surface area contributed by atoms with E-state index < -0.39 is 0 Å². The van der Waals surface area contributed by atoms with Crippen LogP contribution in [0.4, 0.5) is 5.82 Å². The molecule has 0 bridgehead atoms. The number of aryl methyl sites for hydroxylation is 3. The summed E-state index contributed by atoms with van der Waals surface area (Å²) in [7, 11) is 0. The van der Waals surface area contributed by atoms with Crippen LogP contribution in [0.3, 0.4) is 0 Å². The molecule has 2 aromatic heterocycles. The predicted octanol–water partition coefficient (Wildman–Crippen LogP) is 3.60. The maximum Gasteiger partial charge on any atom is 0.165 e. The molecule has 1 fully saturated rings. The van der Waals surface area contributed by atoms with Gasteiger partial charge in [-0.25, -0.2) is 15.0 Å². The molecule has 2 aromatic rings. The Morgan fingerprint density at radius 1 is 1.10 bits per heavy atom. The lowest BCUT2D eigenvalue weighted by molar-refractivity contribution is 0.462. The predicted molar refractivity (Wildman–Crippen MR) is 85.6 cm³/mol. The molecule has 1 aliphatic carbocycles. The number of imidazole rings is 1. The van der Waals surface area contributed by atoms with Crippen molar-refractivity contribution in [2.24, 2.45) is 0 Å². The number of aromatic nitrogens is 4. The molecule has 0 unspecified atom stereocenters. The highest BCUT2D eigenvalue weighted by Gasteiger charge is 2.18. The maximum atomic E-state index is 4.71. The van der Waals surface area contributed by atoms with E-state index in [0.717, 1.165) is 41.6 Å². The monoisotopic (exact) mass is 287 g/mol. The van der Waals surface area contributed by atoms with E-state index in [1.807, 2.05) is 6.92 Å². The molecule has 0 amide bonds. The second-order valence-electron chi connectivity index (χ2n) is 6.08. The molecule has 5 nitrogen and oxygen atoms in total. The minimum Gasteiger partial charge on any atom is -0.365 e. The van der Waals surface area contributed by atoms with E-state index in [2.05, 4.69) is 33.7 Å². The topological polar surface area (TPSA) is 55.6 Å². The van der Waals surface area contributed by atoms with Crippen LogP contribution < -0.4 is 5.32 Å². The zero-order valence-electron chi connectivity index (χ0n) is 13.3. The van der Waals surface area contributed by atoms with Gasteiger partial charge < -0.3 is 9.88 Å². The van der Waals surface area contributed by atoms with Crippen LogP contribution in [0.1, 0.15) is 57.1 Å². The van der Waals surface area contributed by atoms with Gasteiger partial charge in [0.2, 0.25) is 0 Å². The third kappa shape index (κ3) is 2.87. The Bertz CT molecular complexity index is 625. The highest BCUT2D eigenvalue weighted by Crippen LogP contribution is 2.25. The molecule has 3 rings (SSSR count). The van der Waals surface area contributed by atoms with E-state index in [1.165, 1.54) is 32.1 Å². The highest BCUT2D eigenvalue weighted by atomic mass is 15.2. The van der Waals surface area contributed by atoms with Crippen molar-refractivity contribution in [3.63, 3.8) is 0 Å². The zero-order valence-corrected chi connectivity index (χ0v) is 13.3. The fourth-order valence-electron chi connectivity index (χ4n) is 3.25. The Morgan fingerprint density at radius 2 is 1.86 bits per heavy atom. The summed E-state index contributed by atoms with van der Waals surface area (Å²) in [4.78, 5) is 13.9. The first kappa shape index (κ1) is 14.3. The lowest BCUT2D eigenvalue weighted by Gasteiger charge is -2.23. The molecular weight excluding hydrogens is 262 g/mol. The first-order valence-electron chi connectivity index (χ1n) is 8.17. The summed E-state index contributed by atoms with van der Waals surface area (Å²) in [6.07, 6.45) is 7.54. The Morgan fingerprint density at radius 3 is 2.57 bits per heavy atom. The number of rotatable bonds is 4. The number of nitrogens with one attached hydrogen (secondary N) is 1. The minimum absolute atomic E-state index is 0.535. The second kappa shape index (κ2) is 6.00. The van der Waals surface area contributed by atoms with Crippen LogP contribution in [0.25, 0.3) is 11.2 Å². The fourth-order valence-corrected chi connectivity index (χ4v) is 3.25. The minimum atomic E-state index is 0.535. The number of fused-ring (bicyclic) bond motifs is 1. The smallest absolute Gasteiger partial charge is 0.165 e. The van der Waals surface area contributed by atoms with Gasteiger partial charge in [-0.3, -0.25) is 0 Å². The first-order valence-corrected chi connectivity index (χ1v) is 8.17. The van der Waals surface area contributed by atoms with Gasteiger partial charge >= 0.3 is 0 Å². The van der Waals surface area contributed by atoms with E-state index in [0.29, 0.717) is 6.04 Å². The van der Waals surface area contributed by atoms with Crippen LogP contribution in [0, 0.1) is 13.8 Å². The van der Waals surface area contributed by atoms with Gasteiger partial charge in [0.25, 0.3) is 0 Å². The quantitative estimate of drug-likeness (QED) is 0.933. The standard InChI is InChI=1S/C16H25N5/c1-4-10-21-12(3)19-14-15(17-11(2)18-16(14)21)20-13-8-6-5-7-9-13/h13H,4-10H2,1-3H3,(H,17,18,20). The van der Waals surface area contributed by atoms with Crippen molar-refractivity contribution >= 4 is 17.0 Å². The van der Waals surface area contributed by atoms with Crippen LogP contribution in [0.2, 0.25) is 0 Å². The molecule has 0 spiro atoms. The van der Waals surface area contributed by atoms with E-state index in [1.54, 1.807) is 0 Å². The average molecular weight is 287 g/mol. The summed E-state index contributed by atoms with van der Waals surface area (Å²) < 4.78 is 2.20. The molecular formula is C16H25N5. The number of hydrogen-bond donors (Lipinski definition) is 1. The first-order chi connectivity index (χ1) is 10.2. The molecule has 0 saturated heterocycles. The van der Waals surface area contributed by atoms with Crippen LogP contribution >= 0.6 is 0 Å². The van der Waals surface area contributed by atoms with Crippen molar-refractivity contribution in [2.45, 2.75) is 71.9 Å². The van der Waals surface area contributed by atoms with Gasteiger partial charge in [0.05, 0.1) is 0 Å². The van der Waals surface area contributed by atoms with E-state index in [9.17, 15) is 0 Å². The summed E-state index contributed by atoms with van der Waals surface area (Å²) in [6.45, 7) is 7.16. The van der Waals surface area contributed by atoms with Gasteiger partial charge in [-0.2, -0.15) is 0 Å². The van der Waals surface area contributed by atoms with Gasteiger partial charge in [0.15, 0.2) is 17.0 Å². The molecule has 2 heterocycles. The Balaban J connectivity index is 1.99. The Hall–Kier alpha value is -1.65. The summed E-state index contributed by atoms with van der Waals surface area (Å²) in [5, 5.41) is 3.62. The molecule has 0 aromatic carbocycles. The van der Waals surface area contributed by atoms with Gasteiger partial charge in [0, 0.05) is 12.6 Å². The molecule has 0 aliphatic heterocycles. The normalized spacial score (nSPS) is 16.5. The van der Waals surface area contributed by atoms with Crippen molar-refractivity contribution in [1.82, 2.24) is 19.5 Å². The fraction of sp³-hybridized carbons (Fsp3) is 0.688. The van der Waals surface area contributed by atoms with Crippen molar-refractivity contribution in [2.75, 3.05) is 5.32 Å². The largest absolute Gasteiger partial charge is 0.365 e. The molecule has 5 heteroatoms. The summed E-state index contributed by atoms with van der Waals surface area (Å²) in [5.41, 5.74) is 1.90. The molecule has 1 aliphatic rings. The number of nitrogens with zero attached hydrogens (tertiary/aromatic N) is 4. The molecule has 0 radical (unpaired) electrons. The number of anilines is 1. The van der Waals surface area contributed by atoms with E-state index in [-0.39, 0.29) is 0 Å². The highest BCUT2D eigenvalue weighted by molar-refractivity contribution is 5.83. The average Bonchev–Trinajstić information content (AvgIpc) is 2.78. The maximum absolute atomic E-state index is 4.71. The van der Waals surface area contributed by atoms with Crippen LogP contribution in [0.15, 0.2) is 0 Å². The van der Waals surface area contributed by atoms with Crippen molar-refractivity contribution < 1.29 is 0 Å². The molecule has 114 valence electrons. The van der Waals surface area contributed by atoms with Crippen LogP contribution in [-0.4, -0.2) is 25.6 Å². The third-order valence-electron chi connectivity index (χ3n) is 4.29. The molecule has 21 heavy (non-hydrogen) atoms. The van der Waals surface area contributed by atoms with E-state index in [4.69, 9.17) is 4.98 Å². The Kier molecular flexibility index (Phi) is 4.08.